The fourth-order valence-electron chi connectivity index (χ4n) is 3.62. The third-order valence-electron chi connectivity index (χ3n) is 5.58. The van der Waals surface area contributed by atoms with Gasteiger partial charge in [-0.1, -0.05) is 12.0 Å². The number of nitrogens with one attached hydrogen (secondary N) is 2. The minimum atomic E-state index is -0.149. The molecule has 7 nitrogen and oxygen atoms in total. The van der Waals surface area contributed by atoms with Gasteiger partial charge in [0.15, 0.2) is 0 Å². The molecule has 0 bridgehead atoms. The zero-order valence-electron chi connectivity index (χ0n) is 14.8. The van der Waals surface area contributed by atoms with Crippen LogP contribution in [0.3, 0.4) is 0 Å². The van der Waals surface area contributed by atoms with Crippen molar-refractivity contribution in [1.29, 1.82) is 0 Å². The van der Waals surface area contributed by atoms with Crippen molar-refractivity contribution in [3.8, 4) is 0 Å². The Morgan fingerprint density at radius 1 is 1.27 bits per heavy atom. The predicted molar refractivity (Wildman–Crippen MR) is 100 cm³/mol. The monoisotopic (exact) mass is 373 g/mol. The van der Waals surface area contributed by atoms with Crippen LogP contribution < -0.4 is 10.6 Å². The predicted octanol–water partition coefficient (Wildman–Crippen LogP) is 3.97. The summed E-state index contributed by atoms with van der Waals surface area (Å²) in [5, 5.41) is 10.6. The number of aryl methyl sites for hydroxylation is 1. The highest BCUT2D eigenvalue weighted by Crippen LogP contribution is 2.45. The van der Waals surface area contributed by atoms with E-state index in [9.17, 15) is 9.59 Å². The number of rotatable bonds is 6. The topological polar surface area (TPSA) is 107 Å². The molecule has 26 heavy (non-hydrogen) atoms. The van der Waals surface area contributed by atoms with Crippen LogP contribution in [-0.2, 0) is 11.2 Å². The van der Waals surface area contributed by atoms with Crippen LogP contribution in [-0.4, -0.2) is 24.4 Å². The Balaban J connectivity index is 1.66. The largest absolute Gasteiger partial charge is 0.352 e. The van der Waals surface area contributed by atoms with Crippen molar-refractivity contribution in [3.63, 3.8) is 0 Å². The quantitative estimate of drug-likeness (QED) is 0.447. The molecule has 2 amide bonds. The van der Waals surface area contributed by atoms with Gasteiger partial charge in [0.2, 0.25) is 5.91 Å². The Hall–Kier alpha value is -2.05. The smallest absolute Gasteiger partial charge is 0.254 e. The molecule has 2 saturated carbocycles. The molecule has 3 aliphatic rings. The lowest BCUT2D eigenvalue weighted by molar-refractivity contribution is -0.117. The lowest BCUT2D eigenvalue weighted by Gasteiger charge is -2.26. The first kappa shape index (κ1) is 17.4. The van der Waals surface area contributed by atoms with Gasteiger partial charge in [-0.25, -0.2) is 0 Å². The number of hydrogen-bond donors (Lipinski definition) is 2. The van der Waals surface area contributed by atoms with Gasteiger partial charge >= 0.3 is 0 Å². The zero-order chi connectivity index (χ0) is 18.3. The molecule has 8 heteroatoms. The maximum atomic E-state index is 12.9. The summed E-state index contributed by atoms with van der Waals surface area (Å²) in [6.45, 7) is 2.70. The molecule has 1 aromatic rings. The second kappa shape index (κ2) is 6.93. The number of hydrogen-bond acceptors (Lipinski definition) is 4. The Labute approximate surface area is 156 Å². The molecule has 2 N–H and O–H groups in total. The Bertz CT molecular complexity index is 790. The maximum absolute atomic E-state index is 12.9. The average Bonchev–Trinajstić information content (AvgIpc) is 3.52. The molecular formula is C18H23N5O2S. The summed E-state index contributed by atoms with van der Waals surface area (Å²) in [5.41, 5.74) is 10.4. The second-order valence-corrected chi connectivity index (χ2v) is 8.76. The standard InChI is InChI=1S/C18H23N5O2S/c1-9-12(22-23-19)6-7-13-14(9)15(17(25)20-8-10-2-3-10)18(26-13)21-16(24)11-4-5-11/h9-12H,2-8H2,1H3,(H,20,25)(H,21,24)/t9-,12+/m1/s1. The number of carbonyl (C=O) groups is 2. The lowest BCUT2D eigenvalue weighted by atomic mass is 9.82. The molecule has 0 aliphatic heterocycles. The molecule has 0 saturated heterocycles. The van der Waals surface area contributed by atoms with E-state index in [4.69, 9.17) is 5.53 Å². The van der Waals surface area contributed by atoms with Crippen LogP contribution in [0.4, 0.5) is 5.00 Å². The molecule has 0 aromatic carbocycles. The number of carbonyl (C=O) groups excluding carboxylic acids is 2. The molecule has 1 aromatic heterocycles. The molecule has 3 aliphatic carbocycles. The van der Waals surface area contributed by atoms with Crippen molar-refractivity contribution in [2.75, 3.05) is 11.9 Å². The molecule has 0 unspecified atom stereocenters. The Morgan fingerprint density at radius 2 is 2.04 bits per heavy atom. The van der Waals surface area contributed by atoms with Crippen LogP contribution in [0.2, 0.25) is 0 Å². The third-order valence-corrected chi connectivity index (χ3v) is 6.76. The number of amides is 2. The molecule has 2 atom stereocenters. The van der Waals surface area contributed by atoms with E-state index in [1.54, 1.807) is 0 Å². The van der Waals surface area contributed by atoms with E-state index in [0.717, 1.165) is 36.1 Å². The van der Waals surface area contributed by atoms with Crippen LogP contribution >= 0.6 is 11.3 Å². The summed E-state index contributed by atoms with van der Waals surface area (Å²) in [4.78, 5) is 29.3. The number of nitrogens with zero attached hydrogens (tertiary/aromatic N) is 3. The van der Waals surface area contributed by atoms with E-state index in [1.807, 2.05) is 6.92 Å². The van der Waals surface area contributed by atoms with Crippen molar-refractivity contribution in [1.82, 2.24) is 5.32 Å². The molecule has 1 heterocycles. The summed E-state index contributed by atoms with van der Waals surface area (Å²) in [7, 11) is 0. The molecule has 138 valence electrons. The van der Waals surface area contributed by atoms with Gasteiger partial charge in [-0.2, -0.15) is 0 Å². The minimum absolute atomic E-state index is 0.0130. The van der Waals surface area contributed by atoms with Crippen LogP contribution in [0.15, 0.2) is 5.11 Å². The van der Waals surface area contributed by atoms with E-state index in [-0.39, 0.29) is 29.7 Å². The van der Waals surface area contributed by atoms with E-state index in [0.29, 0.717) is 23.0 Å². The van der Waals surface area contributed by atoms with E-state index in [2.05, 4.69) is 20.7 Å². The van der Waals surface area contributed by atoms with Crippen molar-refractivity contribution >= 4 is 28.2 Å². The van der Waals surface area contributed by atoms with Gasteiger partial charge in [0.25, 0.3) is 5.91 Å². The van der Waals surface area contributed by atoms with Gasteiger partial charge in [0, 0.05) is 28.3 Å². The van der Waals surface area contributed by atoms with Crippen molar-refractivity contribution < 1.29 is 9.59 Å². The summed E-state index contributed by atoms with van der Waals surface area (Å²) in [6, 6.07) is -0.149. The van der Waals surface area contributed by atoms with Crippen LogP contribution in [0.25, 0.3) is 10.4 Å². The Kier molecular flexibility index (Phi) is 4.63. The van der Waals surface area contributed by atoms with Crippen molar-refractivity contribution in [3.05, 3.63) is 26.4 Å². The van der Waals surface area contributed by atoms with Crippen LogP contribution in [0.5, 0.6) is 0 Å². The lowest BCUT2D eigenvalue weighted by Crippen LogP contribution is -2.29. The summed E-state index contributed by atoms with van der Waals surface area (Å²) in [5.74, 6) is 0.545. The molecule has 2 fully saturated rings. The van der Waals surface area contributed by atoms with Crippen LogP contribution in [0, 0.1) is 11.8 Å². The number of fused-ring (bicyclic) bond motifs is 1. The molecule has 4 rings (SSSR count). The highest BCUT2D eigenvalue weighted by atomic mass is 32.1. The second-order valence-electron chi connectivity index (χ2n) is 7.66. The summed E-state index contributed by atoms with van der Waals surface area (Å²) in [6.07, 6.45) is 5.74. The van der Waals surface area contributed by atoms with E-state index >= 15 is 0 Å². The van der Waals surface area contributed by atoms with Crippen molar-refractivity contribution in [2.24, 2.45) is 17.0 Å². The number of thiophene rings is 1. The first-order chi connectivity index (χ1) is 12.6. The highest BCUT2D eigenvalue weighted by Gasteiger charge is 2.36. The molecule has 0 radical (unpaired) electrons. The van der Waals surface area contributed by atoms with Crippen molar-refractivity contribution in [2.45, 2.75) is 57.4 Å². The highest BCUT2D eigenvalue weighted by molar-refractivity contribution is 7.17. The maximum Gasteiger partial charge on any atom is 0.254 e. The minimum Gasteiger partial charge on any atom is -0.352 e. The zero-order valence-corrected chi connectivity index (χ0v) is 15.6. The van der Waals surface area contributed by atoms with Gasteiger partial charge in [-0.05, 0) is 61.5 Å². The first-order valence-corrected chi connectivity index (χ1v) is 10.2. The van der Waals surface area contributed by atoms with Gasteiger partial charge < -0.3 is 10.6 Å². The fourth-order valence-corrected chi connectivity index (χ4v) is 4.94. The number of azide groups is 1. The fraction of sp³-hybridized carbons (Fsp3) is 0.667. The number of anilines is 1. The first-order valence-electron chi connectivity index (χ1n) is 9.37. The van der Waals surface area contributed by atoms with Gasteiger partial charge in [0.05, 0.1) is 5.56 Å². The van der Waals surface area contributed by atoms with Crippen LogP contribution in [0.1, 0.15) is 65.7 Å². The normalized spacial score (nSPS) is 24.3. The van der Waals surface area contributed by atoms with Gasteiger partial charge in [-0.15, -0.1) is 11.3 Å². The molecular weight excluding hydrogens is 350 g/mol. The average molecular weight is 373 g/mol. The van der Waals surface area contributed by atoms with E-state index < -0.39 is 0 Å². The van der Waals surface area contributed by atoms with Gasteiger partial charge in [0.1, 0.15) is 5.00 Å². The Morgan fingerprint density at radius 3 is 2.69 bits per heavy atom. The van der Waals surface area contributed by atoms with E-state index in [1.165, 1.54) is 24.2 Å². The van der Waals surface area contributed by atoms with Gasteiger partial charge in [-0.3, -0.25) is 9.59 Å². The molecule has 0 spiro atoms. The summed E-state index contributed by atoms with van der Waals surface area (Å²) >= 11 is 1.51. The third kappa shape index (κ3) is 3.44. The summed E-state index contributed by atoms with van der Waals surface area (Å²) < 4.78 is 0. The SMILES string of the molecule is C[C@H]1c2c(sc(NC(=O)C3CC3)c2C(=O)NCC2CC2)CC[C@@H]1N=[N+]=[N-].